The minimum absolute atomic E-state index is 0.00894. The van der Waals surface area contributed by atoms with Crippen LogP contribution in [0.15, 0.2) is 0 Å². The van der Waals surface area contributed by atoms with Crippen LogP contribution in [-0.4, -0.2) is 78.0 Å². The van der Waals surface area contributed by atoms with Gasteiger partial charge in [-0.05, 0) is 88.4 Å². The topological polar surface area (TPSA) is 154 Å². The van der Waals surface area contributed by atoms with Crippen molar-refractivity contribution < 1.29 is 28.8 Å². The van der Waals surface area contributed by atoms with Crippen LogP contribution in [0.3, 0.4) is 0 Å². The number of fused-ring (bicyclic) bond motifs is 1. The third-order valence-corrected chi connectivity index (χ3v) is 10.8. The van der Waals surface area contributed by atoms with E-state index in [9.17, 15) is 28.8 Å². The van der Waals surface area contributed by atoms with E-state index >= 15 is 0 Å². The number of nitrogens with one attached hydrogen (secondary N) is 4. The molecule has 11 heteroatoms. The van der Waals surface area contributed by atoms with E-state index < -0.39 is 41.6 Å². The highest BCUT2D eigenvalue weighted by molar-refractivity contribution is 6.38. The zero-order chi connectivity index (χ0) is 31.4. The Morgan fingerprint density at radius 2 is 1.66 bits per heavy atom. The molecule has 44 heavy (non-hydrogen) atoms. The monoisotopic (exact) mass is 613 g/mol. The maximum absolute atomic E-state index is 14.2. The molecule has 4 N–H and O–H groups in total. The molecular formula is C33H51N5O6. The van der Waals surface area contributed by atoms with E-state index in [1.807, 2.05) is 6.92 Å². The molecule has 244 valence electrons. The summed E-state index contributed by atoms with van der Waals surface area (Å²) in [5.74, 6) is -2.05. The second kappa shape index (κ2) is 14.4. The highest BCUT2D eigenvalue weighted by atomic mass is 16.2. The predicted molar refractivity (Wildman–Crippen MR) is 163 cm³/mol. The number of piperidine rings is 1. The number of nitrogens with zero attached hydrogens (tertiary/aromatic N) is 1. The van der Waals surface area contributed by atoms with E-state index in [2.05, 4.69) is 21.3 Å². The normalized spacial score (nSPS) is 28.5. The fourth-order valence-electron chi connectivity index (χ4n) is 7.92. The molecule has 5 amide bonds. The van der Waals surface area contributed by atoms with Crippen LogP contribution in [0.4, 0.5) is 0 Å². The highest BCUT2D eigenvalue weighted by Gasteiger charge is 2.49. The second-order valence-corrected chi connectivity index (χ2v) is 14.1. The molecule has 1 aliphatic heterocycles. The Labute approximate surface area is 260 Å². The Kier molecular flexibility index (Phi) is 10.6. The summed E-state index contributed by atoms with van der Waals surface area (Å²) in [5, 5.41) is 11.4. The standard InChI is InChI=1S/C33H51N5O6/c1-3-8-26(31(42)36-25(18-21-11-7-14-34-29(21)40)28(39)32(43)35-23-12-13-23)38(2)33(44)27(20-9-5-4-6-10-20)37-30(41)24-17-19-15-22(24)16-19/h19-27H,3-18H2,1-2H3,(H,34,40)(H,35,43)(H,36,42)(H,37,41)/t19?,21-,22?,24?,25-,26-,27+/m0/s1. The van der Waals surface area contributed by atoms with Crippen molar-refractivity contribution in [1.82, 2.24) is 26.2 Å². The van der Waals surface area contributed by atoms with Gasteiger partial charge in [-0.25, -0.2) is 0 Å². The zero-order valence-electron chi connectivity index (χ0n) is 26.4. The Morgan fingerprint density at radius 3 is 2.27 bits per heavy atom. The molecular weight excluding hydrogens is 562 g/mol. The van der Waals surface area contributed by atoms with Gasteiger partial charge >= 0.3 is 0 Å². The molecule has 2 bridgehead atoms. The fraction of sp³-hybridized carbons (Fsp3) is 0.818. The quantitative estimate of drug-likeness (QED) is 0.220. The molecule has 1 saturated heterocycles. The van der Waals surface area contributed by atoms with E-state index in [-0.39, 0.29) is 42.0 Å². The summed E-state index contributed by atoms with van der Waals surface area (Å²) in [6.45, 7) is 2.48. The molecule has 0 radical (unpaired) electrons. The lowest BCUT2D eigenvalue weighted by molar-refractivity contribution is -0.145. The van der Waals surface area contributed by atoms with Crippen LogP contribution in [-0.2, 0) is 28.8 Å². The van der Waals surface area contributed by atoms with Crippen molar-refractivity contribution in [2.75, 3.05) is 13.6 Å². The van der Waals surface area contributed by atoms with Gasteiger partial charge in [0.2, 0.25) is 29.4 Å². The van der Waals surface area contributed by atoms with Gasteiger partial charge in [0.15, 0.2) is 0 Å². The first-order valence-corrected chi connectivity index (χ1v) is 17.2. The summed E-state index contributed by atoms with van der Waals surface area (Å²) in [5.41, 5.74) is 0. The number of Topliss-reactive ketones (excluding diaryl/α,β-unsaturated/α-hetero) is 1. The summed E-state index contributed by atoms with van der Waals surface area (Å²) in [7, 11) is 1.60. The van der Waals surface area contributed by atoms with Crippen LogP contribution < -0.4 is 21.3 Å². The first-order valence-electron chi connectivity index (χ1n) is 17.2. The lowest BCUT2D eigenvalue weighted by atomic mass is 9.81. The van der Waals surface area contributed by atoms with E-state index in [0.29, 0.717) is 37.6 Å². The Morgan fingerprint density at radius 1 is 0.932 bits per heavy atom. The van der Waals surface area contributed by atoms with Crippen molar-refractivity contribution in [3.05, 3.63) is 0 Å². The smallest absolute Gasteiger partial charge is 0.289 e. The van der Waals surface area contributed by atoms with Gasteiger partial charge in [0.1, 0.15) is 12.1 Å². The molecule has 6 rings (SSSR count). The summed E-state index contributed by atoms with van der Waals surface area (Å²) in [6.07, 6.45) is 11.8. The molecule has 6 aliphatic rings. The maximum atomic E-state index is 14.2. The molecule has 1 unspecified atom stereocenters. The number of carbonyl (C=O) groups excluding carboxylic acids is 6. The number of ketones is 1. The lowest BCUT2D eigenvalue weighted by Gasteiger charge is -2.36. The van der Waals surface area contributed by atoms with Gasteiger partial charge in [-0.3, -0.25) is 28.8 Å². The second-order valence-electron chi connectivity index (χ2n) is 14.1. The summed E-state index contributed by atoms with van der Waals surface area (Å²) >= 11 is 0. The van der Waals surface area contributed by atoms with E-state index in [1.54, 1.807) is 7.05 Å². The Hall–Kier alpha value is -2.98. The van der Waals surface area contributed by atoms with Crippen LogP contribution in [0.2, 0.25) is 0 Å². The van der Waals surface area contributed by atoms with Crippen LogP contribution in [0.1, 0.15) is 103 Å². The average molecular weight is 614 g/mol. The van der Waals surface area contributed by atoms with Crippen molar-refractivity contribution in [2.24, 2.45) is 29.6 Å². The summed E-state index contributed by atoms with van der Waals surface area (Å²) in [6, 6.07) is -2.80. The molecule has 0 spiro atoms. The largest absolute Gasteiger partial charge is 0.356 e. The molecule has 5 aliphatic carbocycles. The number of carbonyl (C=O) groups is 6. The third kappa shape index (κ3) is 7.62. The lowest BCUT2D eigenvalue weighted by Crippen LogP contribution is -2.59. The predicted octanol–water partition coefficient (Wildman–Crippen LogP) is 1.97. The zero-order valence-corrected chi connectivity index (χ0v) is 26.4. The van der Waals surface area contributed by atoms with Gasteiger partial charge in [-0.1, -0.05) is 32.6 Å². The fourth-order valence-corrected chi connectivity index (χ4v) is 7.92. The molecule has 11 nitrogen and oxygen atoms in total. The maximum Gasteiger partial charge on any atom is 0.289 e. The SMILES string of the molecule is CCC[C@@H](C(=O)N[C@@H](C[C@@H]1CCCNC1=O)C(=O)C(=O)NC1CC1)N(C)C(=O)[C@H](NC(=O)C1CC2CC1C2)C1CCCCC1. The first-order chi connectivity index (χ1) is 21.2. The van der Waals surface area contributed by atoms with Gasteiger partial charge in [0.25, 0.3) is 5.91 Å². The van der Waals surface area contributed by atoms with Crippen molar-refractivity contribution in [1.29, 1.82) is 0 Å². The summed E-state index contributed by atoms with van der Waals surface area (Å²) < 4.78 is 0. The van der Waals surface area contributed by atoms with Crippen molar-refractivity contribution in [3.8, 4) is 0 Å². The number of likely N-dealkylation sites (N-methyl/N-ethyl adjacent to an activating group) is 1. The van der Waals surface area contributed by atoms with E-state index in [4.69, 9.17) is 0 Å². The first kappa shape index (κ1) is 32.4. The van der Waals surface area contributed by atoms with Crippen molar-refractivity contribution in [3.63, 3.8) is 0 Å². The van der Waals surface area contributed by atoms with Crippen molar-refractivity contribution >= 4 is 35.3 Å². The molecule has 5 saturated carbocycles. The number of hydrogen-bond acceptors (Lipinski definition) is 6. The number of hydrogen-bond donors (Lipinski definition) is 4. The summed E-state index contributed by atoms with van der Waals surface area (Å²) in [4.78, 5) is 81.5. The molecule has 0 aromatic carbocycles. The van der Waals surface area contributed by atoms with Crippen molar-refractivity contribution in [2.45, 2.75) is 127 Å². The molecule has 6 fully saturated rings. The highest BCUT2D eigenvalue weighted by Crippen LogP contribution is 2.52. The van der Waals surface area contributed by atoms with Gasteiger partial charge in [0.05, 0.1) is 6.04 Å². The number of amides is 5. The minimum atomic E-state index is -1.18. The number of rotatable bonds is 14. The third-order valence-electron chi connectivity index (χ3n) is 10.8. The Bertz CT molecular complexity index is 1110. The van der Waals surface area contributed by atoms with E-state index in [1.165, 1.54) is 4.90 Å². The van der Waals surface area contributed by atoms with Crippen LogP contribution in [0.5, 0.6) is 0 Å². The molecule has 0 aromatic rings. The van der Waals surface area contributed by atoms with Gasteiger partial charge < -0.3 is 26.2 Å². The van der Waals surface area contributed by atoms with Gasteiger partial charge in [-0.2, -0.15) is 0 Å². The van der Waals surface area contributed by atoms with Crippen LogP contribution in [0, 0.1) is 29.6 Å². The van der Waals surface area contributed by atoms with E-state index in [0.717, 1.165) is 70.6 Å². The van der Waals surface area contributed by atoms with Crippen LogP contribution >= 0.6 is 0 Å². The molecule has 5 atom stereocenters. The average Bonchev–Trinajstić information content (AvgIpc) is 3.56. The molecule has 1 heterocycles. The molecule has 0 aromatic heterocycles. The van der Waals surface area contributed by atoms with Gasteiger partial charge in [0, 0.05) is 31.5 Å². The van der Waals surface area contributed by atoms with Crippen LogP contribution in [0.25, 0.3) is 0 Å². The minimum Gasteiger partial charge on any atom is -0.356 e. The Balaban J connectivity index is 1.30. The van der Waals surface area contributed by atoms with Gasteiger partial charge in [-0.15, -0.1) is 0 Å².